The van der Waals surface area contributed by atoms with Crippen LogP contribution in [-0.2, 0) is 0 Å². The average molecular weight is 145 g/mol. The molecule has 1 heterocycles. The number of aromatic amines is 1. The smallest absolute Gasteiger partial charge is 0.272 e. The van der Waals surface area contributed by atoms with Crippen molar-refractivity contribution in [1.29, 1.82) is 0 Å². The van der Waals surface area contributed by atoms with Crippen LogP contribution in [0.25, 0.3) is 0 Å². The lowest BCUT2D eigenvalue weighted by Crippen LogP contribution is -1.86. The zero-order valence-corrected chi connectivity index (χ0v) is 5.57. The summed E-state index contributed by atoms with van der Waals surface area (Å²) in [4.78, 5) is 10.3. The number of rotatable bonds is 1. The van der Waals surface area contributed by atoms with Crippen LogP contribution in [0.2, 0.25) is 0 Å². The first-order valence-corrected chi connectivity index (χ1v) is 2.80. The molecule has 4 heteroatoms. The number of nitrogens with zero attached hydrogens (tertiary/aromatic N) is 1. The van der Waals surface area contributed by atoms with E-state index in [4.69, 9.17) is 11.6 Å². The van der Waals surface area contributed by atoms with Gasteiger partial charge in [-0.2, -0.15) is 5.10 Å². The minimum absolute atomic E-state index is 0.272. The maximum absolute atomic E-state index is 10.3. The molecule has 0 aromatic carbocycles. The van der Waals surface area contributed by atoms with Crippen molar-refractivity contribution < 1.29 is 4.79 Å². The van der Waals surface area contributed by atoms with Gasteiger partial charge in [-0.15, -0.1) is 0 Å². The summed E-state index contributed by atoms with van der Waals surface area (Å²) in [6, 6.07) is 1.59. The zero-order valence-electron chi connectivity index (χ0n) is 4.81. The molecule has 0 aliphatic rings. The van der Waals surface area contributed by atoms with Crippen LogP contribution >= 0.6 is 11.6 Å². The van der Waals surface area contributed by atoms with Crippen molar-refractivity contribution in [3.8, 4) is 0 Å². The predicted octanol–water partition coefficient (Wildman–Crippen LogP) is 1.10. The van der Waals surface area contributed by atoms with Gasteiger partial charge in [0.2, 0.25) is 0 Å². The van der Waals surface area contributed by atoms with E-state index in [1.807, 2.05) is 0 Å². The number of nitrogens with one attached hydrogen (secondary N) is 1. The van der Waals surface area contributed by atoms with Gasteiger partial charge in [0.15, 0.2) is 0 Å². The van der Waals surface area contributed by atoms with Gasteiger partial charge in [-0.05, 0) is 24.6 Å². The van der Waals surface area contributed by atoms with E-state index in [0.29, 0.717) is 0 Å². The minimum atomic E-state index is -0.528. The summed E-state index contributed by atoms with van der Waals surface area (Å²) in [5.74, 6) is 0. The molecule has 9 heavy (non-hydrogen) atoms. The molecule has 0 amide bonds. The van der Waals surface area contributed by atoms with Crippen LogP contribution in [-0.4, -0.2) is 15.4 Å². The quantitative estimate of drug-likeness (QED) is 0.600. The Bertz CT molecular complexity index is 231. The van der Waals surface area contributed by atoms with E-state index in [0.717, 1.165) is 5.69 Å². The van der Waals surface area contributed by atoms with Crippen LogP contribution in [0.5, 0.6) is 0 Å². The van der Waals surface area contributed by atoms with Gasteiger partial charge in [0, 0.05) is 5.69 Å². The summed E-state index contributed by atoms with van der Waals surface area (Å²) in [6.07, 6.45) is 0. The van der Waals surface area contributed by atoms with E-state index >= 15 is 0 Å². The Morgan fingerprint density at radius 2 is 2.56 bits per heavy atom. The molecule has 0 fully saturated rings. The van der Waals surface area contributed by atoms with Crippen molar-refractivity contribution in [2.75, 3.05) is 0 Å². The van der Waals surface area contributed by atoms with E-state index < -0.39 is 5.24 Å². The molecule has 0 aliphatic heterocycles. The highest BCUT2D eigenvalue weighted by Crippen LogP contribution is 2.00. The van der Waals surface area contributed by atoms with E-state index in [2.05, 4.69) is 10.2 Å². The summed E-state index contributed by atoms with van der Waals surface area (Å²) in [5, 5.41) is 5.68. The van der Waals surface area contributed by atoms with Crippen molar-refractivity contribution in [1.82, 2.24) is 10.2 Å². The van der Waals surface area contributed by atoms with Gasteiger partial charge in [0.1, 0.15) is 5.69 Å². The normalized spacial score (nSPS) is 9.56. The number of aryl methyl sites for hydroxylation is 1. The summed E-state index contributed by atoms with van der Waals surface area (Å²) < 4.78 is 0. The van der Waals surface area contributed by atoms with Crippen molar-refractivity contribution in [3.63, 3.8) is 0 Å². The Kier molecular flexibility index (Phi) is 1.53. The molecule has 0 saturated carbocycles. The first-order valence-electron chi connectivity index (χ1n) is 2.42. The zero-order chi connectivity index (χ0) is 6.85. The molecule has 1 N–H and O–H groups in total. The lowest BCUT2D eigenvalue weighted by molar-refractivity contribution is 0.107. The number of aromatic nitrogens is 2. The molecule has 0 aliphatic carbocycles. The third-order valence-corrected chi connectivity index (χ3v) is 1.10. The molecule has 3 nitrogen and oxygen atoms in total. The summed E-state index contributed by atoms with van der Waals surface area (Å²) in [7, 11) is 0. The first kappa shape index (κ1) is 6.29. The lowest BCUT2D eigenvalue weighted by atomic mass is 10.4. The number of hydrogen-bond acceptors (Lipinski definition) is 2. The topological polar surface area (TPSA) is 45.8 Å². The van der Waals surface area contributed by atoms with Gasteiger partial charge in [0.05, 0.1) is 0 Å². The van der Waals surface area contributed by atoms with Crippen molar-refractivity contribution >= 4 is 16.8 Å². The van der Waals surface area contributed by atoms with Crippen LogP contribution in [0.1, 0.15) is 16.2 Å². The Hall–Kier alpha value is -0.830. The molecule has 0 atom stereocenters. The fraction of sp³-hybridized carbons (Fsp3) is 0.200. The monoisotopic (exact) mass is 144 g/mol. The minimum Gasteiger partial charge on any atom is -0.282 e. The van der Waals surface area contributed by atoms with Crippen LogP contribution < -0.4 is 0 Å². The van der Waals surface area contributed by atoms with E-state index in [1.165, 1.54) is 0 Å². The second kappa shape index (κ2) is 2.19. The average Bonchev–Trinajstić information content (AvgIpc) is 2.14. The fourth-order valence-corrected chi connectivity index (χ4v) is 0.616. The van der Waals surface area contributed by atoms with Crippen LogP contribution in [0, 0.1) is 6.92 Å². The van der Waals surface area contributed by atoms with Crippen LogP contribution in [0.3, 0.4) is 0 Å². The SMILES string of the molecule is Cc1cc(C(=O)Cl)n[nH]1. The number of carbonyl (C=O) groups excluding carboxylic acids is 1. The molecule has 0 radical (unpaired) electrons. The van der Waals surface area contributed by atoms with Gasteiger partial charge in [-0.1, -0.05) is 0 Å². The van der Waals surface area contributed by atoms with Crippen molar-refractivity contribution in [2.45, 2.75) is 6.92 Å². The third-order valence-electron chi connectivity index (χ3n) is 0.907. The van der Waals surface area contributed by atoms with Crippen molar-refractivity contribution in [3.05, 3.63) is 17.5 Å². The Morgan fingerprint density at radius 3 is 2.78 bits per heavy atom. The summed E-state index contributed by atoms with van der Waals surface area (Å²) in [5.41, 5.74) is 1.10. The Labute approximate surface area is 57.0 Å². The standard InChI is InChI=1S/C5H5ClN2O/c1-3-2-4(5(6)9)8-7-3/h2H,1H3,(H,7,8). The van der Waals surface area contributed by atoms with Gasteiger partial charge in [-0.3, -0.25) is 9.89 Å². The van der Waals surface area contributed by atoms with E-state index in [9.17, 15) is 4.79 Å². The number of hydrogen-bond donors (Lipinski definition) is 1. The maximum Gasteiger partial charge on any atom is 0.272 e. The molecule has 1 rings (SSSR count). The highest BCUT2D eigenvalue weighted by atomic mass is 35.5. The lowest BCUT2D eigenvalue weighted by Gasteiger charge is -1.75. The third kappa shape index (κ3) is 1.29. The molecular formula is C5H5ClN2O. The fourth-order valence-electron chi connectivity index (χ4n) is 0.519. The molecule has 1 aromatic heterocycles. The van der Waals surface area contributed by atoms with E-state index in [1.54, 1.807) is 13.0 Å². The Balaban J connectivity index is 2.98. The largest absolute Gasteiger partial charge is 0.282 e. The highest BCUT2D eigenvalue weighted by molar-refractivity contribution is 6.67. The number of H-pyrrole nitrogens is 1. The van der Waals surface area contributed by atoms with Gasteiger partial charge in [0.25, 0.3) is 5.24 Å². The van der Waals surface area contributed by atoms with Gasteiger partial charge >= 0.3 is 0 Å². The highest BCUT2D eigenvalue weighted by Gasteiger charge is 2.03. The predicted molar refractivity (Wildman–Crippen MR) is 33.5 cm³/mol. The van der Waals surface area contributed by atoms with Crippen LogP contribution in [0.15, 0.2) is 6.07 Å². The molecule has 0 unspecified atom stereocenters. The molecule has 1 aromatic rings. The molecule has 0 bridgehead atoms. The van der Waals surface area contributed by atoms with Crippen LogP contribution in [0.4, 0.5) is 0 Å². The summed E-state index contributed by atoms with van der Waals surface area (Å²) >= 11 is 5.10. The molecule has 48 valence electrons. The van der Waals surface area contributed by atoms with E-state index in [-0.39, 0.29) is 5.69 Å². The second-order valence-corrected chi connectivity index (χ2v) is 2.05. The van der Waals surface area contributed by atoms with Crippen molar-refractivity contribution in [2.24, 2.45) is 0 Å². The second-order valence-electron chi connectivity index (χ2n) is 1.71. The Morgan fingerprint density at radius 1 is 1.89 bits per heavy atom. The van der Waals surface area contributed by atoms with Gasteiger partial charge < -0.3 is 0 Å². The first-order chi connectivity index (χ1) is 4.20. The number of halogens is 1. The summed E-state index contributed by atoms with van der Waals surface area (Å²) in [6.45, 7) is 1.80. The molecular weight excluding hydrogens is 140 g/mol. The van der Waals surface area contributed by atoms with Gasteiger partial charge in [-0.25, -0.2) is 0 Å². The maximum atomic E-state index is 10.3. The molecule has 0 spiro atoms. The molecule has 0 saturated heterocycles. The number of carbonyl (C=O) groups is 1.